The van der Waals surface area contributed by atoms with Gasteiger partial charge < -0.3 is 5.11 Å². The first kappa shape index (κ1) is 23.2. The summed E-state index contributed by atoms with van der Waals surface area (Å²) in [6.45, 7) is 6.71. The van der Waals surface area contributed by atoms with Crippen molar-refractivity contribution in [2.75, 3.05) is 0 Å². The summed E-state index contributed by atoms with van der Waals surface area (Å²) in [5, 5.41) is 10.3. The lowest BCUT2D eigenvalue weighted by molar-refractivity contribution is 0.0696. The zero-order valence-corrected chi connectivity index (χ0v) is 22.1. The SMILES string of the molecule is CCCc1cc(-c2ccc3c(c2)Cc2ccccc2-3)ccc1-c1sc2c(c1C(=O)O)CC(C)(C)CC2. The summed E-state index contributed by atoms with van der Waals surface area (Å²) >= 11 is 1.71. The van der Waals surface area contributed by atoms with E-state index in [4.69, 9.17) is 0 Å². The Balaban J connectivity index is 1.43. The van der Waals surface area contributed by atoms with Crippen molar-refractivity contribution in [3.8, 4) is 32.7 Å². The van der Waals surface area contributed by atoms with Crippen LogP contribution in [-0.4, -0.2) is 11.1 Å². The van der Waals surface area contributed by atoms with Crippen LogP contribution in [0.15, 0.2) is 60.7 Å². The molecule has 3 heteroatoms. The van der Waals surface area contributed by atoms with Crippen LogP contribution >= 0.6 is 11.3 Å². The molecule has 1 N–H and O–H groups in total. The highest BCUT2D eigenvalue weighted by Crippen LogP contribution is 2.46. The minimum atomic E-state index is -0.787. The summed E-state index contributed by atoms with van der Waals surface area (Å²) < 4.78 is 0. The molecule has 6 rings (SSSR count). The van der Waals surface area contributed by atoms with Gasteiger partial charge in [0.05, 0.1) is 5.56 Å². The first-order chi connectivity index (χ1) is 17.3. The van der Waals surface area contributed by atoms with E-state index in [1.165, 1.54) is 43.8 Å². The van der Waals surface area contributed by atoms with Gasteiger partial charge in [-0.3, -0.25) is 0 Å². The predicted molar refractivity (Wildman–Crippen MR) is 150 cm³/mol. The first-order valence-electron chi connectivity index (χ1n) is 13.1. The smallest absolute Gasteiger partial charge is 0.337 e. The Hall–Kier alpha value is -3.17. The van der Waals surface area contributed by atoms with Gasteiger partial charge in [-0.2, -0.15) is 0 Å². The third-order valence-electron chi connectivity index (χ3n) is 7.98. The minimum Gasteiger partial charge on any atom is -0.478 e. The van der Waals surface area contributed by atoms with Crippen LogP contribution in [0, 0.1) is 5.41 Å². The lowest BCUT2D eigenvalue weighted by atomic mass is 9.75. The van der Waals surface area contributed by atoms with Gasteiger partial charge in [-0.15, -0.1) is 11.3 Å². The molecular formula is C33H32O2S. The molecule has 1 aromatic heterocycles. The van der Waals surface area contributed by atoms with Crippen LogP contribution in [0.2, 0.25) is 0 Å². The van der Waals surface area contributed by atoms with Crippen LogP contribution in [0.1, 0.15) is 71.1 Å². The number of carboxylic acids is 1. The van der Waals surface area contributed by atoms with Crippen molar-refractivity contribution in [1.29, 1.82) is 0 Å². The number of fused-ring (bicyclic) bond motifs is 4. The summed E-state index contributed by atoms with van der Waals surface area (Å²) in [4.78, 5) is 14.7. The highest BCUT2D eigenvalue weighted by molar-refractivity contribution is 7.16. The molecule has 182 valence electrons. The molecule has 0 atom stereocenters. The summed E-state index contributed by atoms with van der Waals surface area (Å²) in [6, 6.07) is 22.2. The molecule has 0 radical (unpaired) electrons. The first-order valence-corrected chi connectivity index (χ1v) is 13.9. The second-order valence-electron chi connectivity index (χ2n) is 11.2. The fourth-order valence-electron chi connectivity index (χ4n) is 6.13. The summed E-state index contributed by atoms with van der Waals surface area (Å²) in [7, 11) is 0. The molecule has 0 bridgehead atoms. The van der Waals surface area contributed by atoms with Gasteiger partial charge >= 0.3 is 5.97 Å². The van der Waals surface area contributed by atoms with E-state index >= 15 is 0 Å². The molecular weight excluding hydrogens is 460 g/mol. The van der Waals surface area contributed by atoms with Crippen LogP contribution in [-0.2, 0) is 25.7 Å². The third kappa shape index (κ3) is 3.90. The lowest BCUT2D eigenvalue weighted by Crippen LogP contribution is -2.22. The largest absolute Gasteiger partial charge is 0.478 e. The van der Waals surface area contributed by atoms with Crippen LogP contribution in [0.25, 0.3) is 32.7 Å². The molecule has 0 aliphatic heterocycles. The molecule has 2 nitrogen and oxygen atoms in total. The molecule has 36 heavy (non-hydrogen) atoms. The Kier molecular flexibility index (Phi) is 5.64. The molecule has 1 heterocycles. The fraction of sp³-hybridized carbons (Fsp3) is 0.303. The van der Waals surface area contributed by atoms with Gasteiger partial charge in [-0.1, -0.05) is 87.9 Å². The molecule has 0 amide bonds. The number of carbonyl (C=O) groups is 1. The van der Waals surface area contributed by atoms with E-state index in [1.807, 2.05) is 0 Å². The van der Waals surface area contributed by atoms with Gasteiger partial charge in [0.2, 0.25) is 0 Å². The molecule has 2 aliphatic carbocycles. The molecule has 2 aliphatic rings. The monoisotopic (exact) mass is 492 g/mol. The van der Waals surface area contributed by atoms with E-state index in [2.05, 4.69) is 81.4 Å². The van der Waals surface area contributed by atoms with E-state index < -0.39 is 5.97 Å². The normalized spacial score (nSPS) is 15.3. The highest BCUT2D eigenvalue weighted by atomic mass is 32.1. The molecule has 0 unspecified atom stereocenters. The number of rotatable bonds is 5. The van der Waals surface area contributed by atoms with Crippen molar-refractivity contribution in [2.24, 2.45) is 5.41 Å². The number of carboxylic acid groups (broad SMARTS) is 1. The van der Waals surface area contributed by atoms with Crippen molar-refractivity contribution in [3.63, 3.8) is 0 Å². The third-order valence-corrected chi connectivity index (χ3v) is 9.31. The van der Waals surface area contributed by atoms with Crippen molar-refractivity contribution in [3.05, 3.63) is 93.4 Å². The number of aromatic carboxylic acids is 1. The second-order valence-corrected chi connectivity index (χ2v) is 12.3. The van der Waals surface area contributed by atoms with E-state index in [9.17, 15) is 9.90 Å². The number of benzene rings is 3. The zero-order chi connectivity index (χ0) is 25.0. The Morgan fingerprint density at radius 1 is 0.944 bits per heavy atom. The van der Waals surface area contributed by atoms with Crippen LogP contribution in [0.4, 0.5) is 0 Å². The average Bonchev–Trinajstić information content (AvgIpc) is 3.41. The molecule has 4 aromatic rings. The highest BCUT2D eigenvalue weighted by Gasteiger charge is 2.33. The second kappa shape index (κ2) is 8.74. The predicted octanol–water partition coefficient (Wildman–Crippen LogP) is 8.82. The Morgan fingerprint density at radius 3 is 2.44 bits per heavy atom. The molecule has 0 spiro atoms. The van der Waals surface area contributed by atoms with E-state index in [0.29, 0.717) is 5.56 Å². The Bertz CT molecular complexity index is 1500. The minimum absolute atomic E-state index is 0.152. The quantitative estimate of drug-likeness (QED) is 0.266. The van der Waals surface area contributed by atoms with Gasteiger partial charge in [0.1, 0.15) is 0 Å². The summed E-state index contributed by atoms with van der Waals surface area (Å²) in [6.07, 6.45) is 5.88. The van der Waals surface area contributed by atoms with Gasteiger partial charge in [-0.05, 0) is 87.6 Å². The van der Waals surface area contributed by atoms with Gasteiger partial charge in [0.15, 0.2) is 0 Å². The van der Waals surface area contributed by atoms with E-state index in [-0.39, 0.29) is 5.41 Å². The molecule has 0 saturated carbocycles. The van der Waals surface area contributed by atoms with Gasteiger partial charge in [0.25, 0.3) is 0 Å². The van der Waals surface area contributed by atoms with Crippen LogP contribution < -0.4 is 0 Å². The molecule has 0 saturated heterocycles. The summed E-state index contributed by atoms with van der Waals surface area (Å²) in [5.41, 5.74) is 12.0. The number of hydrogen-bond donors (Lipinski definition) is 1. The fourth-order valence-corrected chi connectivity index (χ4v) is 7.50. The van der Waals surface area contributed by atoms with Crippen molar-refractivity contribution < 1.29 is 9.90 Å². The van der Waals surface area contributed by atoms with Crippen molar-refractivity contribution in [2.45, 2.75) is 59.3 Å². The zero-order valence-electron chi connectivity index (χ0n) is 21.3. The van der Waals surface area contributed by atoms with E-state index in [1.54, 1.807) is 11.3 Å². The average molecular weight is 493 g/mol. The number of hydrogen-bond acceptors (Lipinski definition) is 2. The van der Waals surface area contributed by atoms with Crippen LogP contribution in [0.5, 0.6) is 0 Å². The maximum atomic E-state index is 12.5. The van der Waals surface area contributed by atoms with Gasteiger partial charge in [0, 0.05) is 9.75 Å². The maximum absolute atomic E-state index is 12.5. The standard InChI is InChI=1S/C33H32O2S/c1-4-7-22-16-20(21-10-12-26-24(17-21)18-23-8-5-6-9-25(23)26)11-13-27(22)31-30(32(34)35)28-19-33(2,3)15-14-29(28)36-31/h5-6,8-13,16-17H,4,7,14-15,18-19H2,1-3H3,(H,34,35). The Morgan fingerprint density at radius 2 is 1.67 bits per heavy atom. The van der Waals surface area contributed by atoms with Crippen molar-refractivity contribution in [1.82, 2.24) is 0 Å². The Labute approximate surface area is 217 Å². The molecule has 0 fully saturated rings. The number of aryl methyl sites for hydroxylation is 2. The molecule has 3 aromatic carbocycles. The topological polar surface area (TPSA) is 37.3 Å². The number of thiophene rings is 1. The van der Waals surface area contributed by atoms with E-state index in [0.717, 1.165) is 54.5 Å². The van der Waals surface area contributed by atoms with Crippen molar-refractivity contribution >= 4 is 17.3 Å². The maximum Gasteiger partial charge on any atom is 0.337 e. The summed E-state index contributed by atoms with van der Waals surface area (Å²) in [5.74, 6) is -0.787. The van der Waals surface area contributed by atoms with Gasteiger partial charge in [-0.25, -0.2) is 4.79 Å². The van der Waals surface area contributed by atoms with Crippen LogP contribution in [0.3, 0.4) is 0 Å². The lowest BCUT2D eigenvalue weighted by Gasteiger charge is -2.29.